The van der Waals surface area contributed by atoms with Crippen LogP contribution in [0.1, 0.15) is 113 Å². The molecule has 0 aromatic carbocycles. The topological polar surface area (TPSA) is 85.9 Å². The van der Waals surface area contributed by atoms with Crippen LogP contribution >= 0.6 is 0 Å². The molecule has 1 aromatic rings. The molecule has 0 saturated carbocycles. The van der Waals surface area contributed by atoms with E-state index in [2.05, 4.69) is 86.1 Å². The molecule has 2 unspecified atom stereocenters. The molecule has 0 bridgehead atoms. The average Bonchev–Trinajstić information content (AvgIpc) is 3.11. The molecule has 0 radical (unpaired) electrons. The third-order valence-electron chi connectivity index (χ3n) is 10.8. The predicted octanol–water partition coefficient (Wildman–Crippen LogP) is 7.15. The highest BCUT2D eigenvalue weighted by Gasteiger charge is 2.54. The van der Waals surface area contributed by atoms with Crippen LogP contribution in [0.25, 0.3) is 5.57 Å². The van der Waals surface area contributed by atoms with Crippen LogP contribution in [0.2, 0.25) is 0 Å². The Morgan fingerprint density at radius 1 is 0.737 bits per heavy atom. The summed E-state index contributed by atoms with van der Waals surface area (Å²) >= 11 is 0. The summed E-state index contributed by atoms with van der Waals surface area (Å²) < 4.78 is 0. The monoisotopic (exact) mass is 521 g/mol. The van der Waals surface area contributed by atoms with Gasteiger partial charge in [0.25, 0.3) is 0 Å². The van der Waals surface area contributed by atoms with Gasteiger partial charge in [-0.3, -0.25) is 19.6 Å². The van der Waals surface area contributed by atoms with Crippen molar-refractivity contribution >= 4 is 17.1 Å². The van der Waals surface area contributed by atoms with Crippen molar-refractivity contribution in [1.82, 2.24) is 9.97 Å². The summed E-state index contributed by atoms with van der Waals surface area (Å²) in [5.74, 6) is 0.628. The average molecular weight is 522 g/mol. The highest BCUT2D eigenvalue weighted by atomic mass is 16.2. The first kappa shape index (κ1) is 30.4. The van der Waals surface area contributed by atoms with Gasteiger partial charge in [0.15, 0.2) is 0 Å². The Morgan fingerprint density at radius 2 is 1.18 bits per heavy atom. The molecule has 5 heteroatoms. The molecule has 38 heavy (non-hydrogen) atoms. The van der Waals surface area contributed by atoms with Crippen LogP contribution in [0.4, 0.5) is 0 Å². The van der Waals surface area contributed by atoms with Crippen molar-refractivity contribution in [3.8, 4) is 0 Å². The standard InChI is InChI=1S/C16H22N2.C14H20O2.C3H9N/c1-10-15(2,3)11-6-7-12-14(18-9-8-17-12)13(11)16(10,4)5;1-8-13(2,3)9-6-7-10(15)12(16)11(9)14(8,4)5;1-2-3-4/h8-10H,6-7H2,1-5H3;8H,6-7H2,1-5H3;2-4H2,1H3. The highest BCUT2D eigenvalue weighted by Crippen LogP contribution is 2.62. The van der Waals surface area contributed by atoms with E-state index in [9.17, 15) is 9.59 Å². The van der Waals surface area contributed by atoms with Crippen LogP contribution in [0, 0.1) is 33.5 Å². The smallest absolute Gasteiger partial charge is 0.225 e. The van der Waals surface area contributed by atoms with Gasteiger partial charge in [0.05, 0.1) is 11.4 Å². The number of ketones is 2. The number of rotatable bonds is 1. The zero-order valence-corrected chi connectivity index (χ0v) is 25.8. The summed E-state index contributed by atoms with van der Waals surface area (Å²) in [5.41, 5.74) is 12.9. The van der Waals surface area contributed by atoms with Crippen molar-refractivity contribution < 1.29 is 9.59 Å². The van der Waals surface area contributed by atoms with Gasteiger partial charge in [0, 0.05) is 24.4 Å². The molecule has 4 aliphatic carbocycles. The zero-order chi connectivity index (χ0) is 28.8. The molecule has 1 aromatic heterocycles. The molecule has 2 N–H and O–H groups in total. The lowest BCUT2D eigenvalue weighted by Crippen LogP contribution is -2.30. The van der Waals surface area contributed by atoms with Gasteiger partial charge in [-0.05, 0) is 71.3 Å². The predicted molar refractivity (Wildman–Crippen MR) is 156 cm³/mol. The second-order valence-corrected chi connectivity index (χ2v) is 13.9. The van der Waals surface area contributed by atoms with Crippen molar-refractivity contribution in [2.75, 3.05) is 6.54 Å². The molecule has 2 atom stereocenters. The number of aryl methyl sites for hydroxylation is 1. The van der Waals surface area contributed by atoms with E-state index in [1.165, 1.54) is 22.5 Å². The molecular formula is C33H51N3O2. The summed E-state index contributed by atoms with van der Waals surface area (Å²) in [6, 6.07) is 0. The minimum Gasteiger partial charge on any atom is -0.330 e. The first-order valence-electron chi connectivity index (χ1n) is 14.5. The van der Waals surface area contributed by atoms with Crippen molar-refractivity contribution in [3.63, 3.8) is 0 Å². The number of nitrogens with zero attached hydrogens (tertiary/aromatic N) is 2. The fourth-order valence-corrected chi connectivity index (χ4v) is 7.45. The molecule has 1 heterocycles. The largest absolute Gasteiger partial charge is 0.330 e. The quantitative estimate of drug-likeness (QED) is 0.397. The lowest BCUT2D eigenvalue weighted by atomic mass is 9.69. The Kier molecular flexibility index (Phi) is 8.36. The number of allylic oxidation sites excluding steroid dienone is 4. The number of nitrogens with two attached hydrogens (primary N) is 1. The maximum Gasteiger partial charge on any atom is 0.225 e. The summed E-state index contributed by atoms with van der Waals surface area (Å²) in [6.45, 7) is 25.6. The van der Waals surface area contributed by atoms with Crippen molar-refractivity contribution in [1.29, 1.82) is 0 Å². The second kappa shape index (κ2) is 10.4. The van der Waals surface area contributed by atoms with Gasteiger partial charge in [0.2, 0.25) is 11.6 Å². The van der Waals surface area contributed by atoms with E-state index < -0.39 is 0 Å². The number of hydrogen-bond donors (Lipinski definition) is 1. The van der Waals surface area contributed by atoms with E-state index in [1.54, 1.807) is 5.57 Å². The molecule has 5 nitrogen and oxygen atoms in total. The third-order valence-corrected chi connectivity index (χ3v) is 10.8. The van der Waals surface area contributed by atoms with Crippen LogP contribution in [-0.4, -0.2) is 28.1 Å². The third kappa shape index (κ3) is 4.74. The molecule has 5 rings (SSSR count). The SMILES string of the molecule is CC1C(C)(C)C2=C(C(=O)C(=O)CC2)C1(C)C.CC1C(C)(C)C2=C(c3nccnc3CC2)C1(C)C.CCCN. The van der Waals surface area contributed by atoms with E-state index in [4.69, 9.17) is 5.73 Å². The Balaban J connectivity index is 0.000000186. The maximum absolute atomic E-state index is 12.0. The van der Waals surface area contributed by atoms with Crippen LogP contribution < -0.4 is 5.73 Å². The number of aromatic nitrogens is 2. The van der Waals surface area contributed by atoms with Crippen molar-refractivity contribution in [2.45, 2.75) is 108 Å². The number of hydrogen-bond acceptors (Lipinski definition) is 5. The lowest BCUT2D eigenvalue weighted by Gasteiger charge is -2.34. The van der Waals surface area contributed by atoms with Crippen LogP contribution in [0.3, 0.4) is 0 Å². The van der Waals surface area contributed by atoms with E-state index in [-0.39, 0.29) is 33.2 Å². The van der Waals surface area contributed by atoms with Gasteiger partial charge in [-0.15, -0.1) is 0 Å². The Labute approximate surface area is 231 Å². The minimum atomic E-state index is -0.219. The van der Waals surface area contributed by atoms with Gasteiger partial charge >= 0.3 is 0 Å². The Bertz CT molecular complexity index is 1160. The number of carbonyl (C=O) groups is 2. The second-order valence-electron chi connectivity index (χ2n) is 13.9. The first-order chi connectivity index (χ1) is 17.5. The van der Waals surface area contributed by atoms with Gasteiger partial charge in [-0.1, -0.05) is 87.3 Å². The molecular weight excluding hydrogens is 470 g/mol. The Hall–Kier alpha value is -2.14. The van der Waals surface area contributed by atoms with Gasteiger partial charge in [-0.25, -0.2) is 0 Å². The van der Waals surface area contributed by atoms with E-state index in [0.717, 1.165) is 37.8 Å². The molecule has 210 valence electrons. The van der Waals surface area contributed by atoms with Crippen molar-refractivity contribution in [2.24, 2.45) is 39.2 Å². The highest BCUT2D eigenvalue weighted by molar-refractivity contribution is 6.45. The van der Waals surface area contributed by atoms with Crippen LogP contribution in [0.15, 0.2) is 29.1 Å². The summed E-state index contributed by atoms with van der Waals surface area (Å²) in [5, 5.41) is 0. The number of Topliss-reactive ketones (excluding diaryl/α,β-unsaturated/α-hetero) is 2. The van der Waals surface area contributed by atoms with E-state index in [1.807, 2.05) is 12.4 Å². The van der Waals surface area contributed by atoms with E-state index in [0.29, 0.717) is 18.3 Å². The van der Waals surface area contributed by atoms with Gasteiger partial charge < -0.3 is 5.73 Å². The molecule has 0 saturated heterocycles. The molecule has 0 fully saturated rings. The molecule has 0 aliphatic heterocycles. The normalized spacial score (nSPS) is 27.5. The van der Waals surface area contributed by atoms with Crippen molar-refractivity contribution in [3.05, 3.63) is 40.5 Å². The molecule has 0 amide bonds. The molecule has 0 spiro atoms. The molecule has 4 aliphatic rings. The zero-order valence-electron chi connectivity index (χ0n) is 25.8. The maximum atomic E-state index is 12.0. The first-order valence-corrected chi connectivity index (χ1v) is 14.5. The summed E-state index contributed by atoms with van der Waals surface area (Å²) in [4.78, 5) is 32.8. The minimum absolute atomic E-state index is 0.0508. The number of fused-ring (bicyclic) bond motifs is 2. The van der Waals surface area contributed by atoms with Gasteiger partial charge in [-0.2, -0.15) is 0 Å². The van der Waals surface area contributed by atoms with E-state index >= 15 is 0 Å². The summed E-state index contributed by atoms with van der Waals surface area (Å²) in [6.07, 6.45) is 8.14. The lowest BCUT2D eigenvalue weighted by molar-refractivity contribution is -0.135. The number of carbonyl (C=O) groups excluding carboxylic acids is 2. The van der Waals surface area contributed by atoms with Gasteiger partial charge in [0.1, 0.15) is 0 Å². The fraction of sp³-hybridized carbons (Fsp3) is 0.697. The summed E-state index contributed by atoms with van der Waals surface area (Å²) in [7, 11) is 0. The van der Waals surface area contributed by atoms with Crippen LogP contribution in [0.5, 0.6) is 0 Å². The van der Waals surface area contributed by atoms with Crippen LogP contribution in [-0.2, 0) is 16.0 Å². The fourth-order valence-electron chi connectivity index (χ4n) is 7.45. The Morgan fingerprint density at radius 3 is 1.71 bits per heavy atom.